The van der Waals surface area contributed by atoms with Crippen molar-refractivity contribution in [2.24, 2.45) is 0 Å². The van der Waals surface area contributed by atoms with Gasteiger partial charge in [0.05, 0.1) is 12.1 Å². The van der Waals surface area contributed by atoms with E-state index in [0.717, 1.165) is 11.1 Å². The molecule has 4 nitrogen and oxygen atoms in total. The minimum absolute atomic E-state index is 0.212. The van der Waals surface area contributed by atoms with E-state index in [9.17, 15) is 9.59 Å². The molecule has 0 aliphatic heterocycles. The first kappa shape index (κ1) is 17.4. The summed E-state index contributed by atoms with van der Waals surface area (Å²) in [6.45, 7) is 1.85. The zero-order chi connectivity index (χ0) is 17.0. The van der Waals surface area contributed by atoms with Gasteiger partial charge < -0.3 is 9.84 Å². The molecule has 0 bridgehead atoms. The molecule has 0 heterocycles. The Morgan fingerprint density at radius 1 is 1.26 bits per heavy atom. The number of aliphatic carboxylic acids is 1. The molecule has 0 aliphatic carbocycles. The second kappa shape index (κ2) is 7.53. The second-order valence-corrected chi connectivity index (χ2v) is 6.24. The van der Waals surface area contributed by atoms with E-state index >= 15 is 0 Å². The van der Waals surface area contributed by atoms with Gasteiger partial charge in [-0.1, -0.05) is 29.8 Å². The van der Waals surface area contributed by atoms with Gasteiger partial charge in [0.25, 0.3) is 5.78 Å². The summed E-state index contributed by atoms with van der Waals surface area (Å²) in [6, 6.07) is 10.5. The van der Waals surface area contributed by atoms with Gasteiger partial charge in [-0.15, -0.1) is 11.8 Å². The third kappa shape index (κ3) is 4.06. The third-order valence-electron chi connectivity index (χ3n) is 3.25. The van der Waals surface area contributed by atoms with Crippen LogP contribution in [0.25, 0.3) is 0 Å². The quantitative estimate of drug-likeness (QED) is 0.480. The van der Waals surface area contributed by atoms with Gasteiger partial charge in [-0.25, -0.2) is 4.79 Å². The van der Waals surface area contributed by atoms with Crippen LogP contribution in [0.3, 0.4) is 0 Å². The summed E-state index contributed by atoms with van der Waals surface area (Å²) in [6.07, 6.45) is 0. The number of carbonyl (C=O) groups excluding carboxylic acids is 1. The fraction of sp³-hybridized carbons (Fsp3) is 0.176. The lowest BCUT2D eigenvalue weighted by Crippen LogP contribution is -2.14. The Hall–Kier alpha value is -1.98. The molecular formula is C17H15ClO4S. The summed E-state index contributed by atoms with van der Waals surface area (Å²) in [5, 5.41) is 9.47. The summed E-state index contributed by atoms with van der Waals surface area (Å²) < 4.78 is 5.18. The number of aryl methyl sites for hydroxylation is 1. The minimum atomic E-state index is -1.45. The van der Waals surface area contributed by atoms with Gasteiger partial charge in [-0.2, -0.15) is 0 Å². The number of benzene rings is 2. The van der Waals surface area contributed by atoms with Crippen molar-refractivity contribution in [2.45, 2.75) is 17.6 Å². The maximum absolute atomic E-state index is 11.8. The summed E-state index contributed by atoms with van der Waals surface area (Å²) >= 11 is 7.41. The van der Waals surface area contributed by atoms with Crippen LogP contribution < -0.4 is 4.74 Å². The van der Waals surface area contributed by atoms with Crippen molar-refractivity contribution in [3.63, 3.8) is 0 Å². The lowest BCUT2D eigenvalue weighted by atomic mass is 10.1. The minimum Gasteiger partial charge on any atom is -0.495 e. The van der Waals surface area contributed by atoms with Crippen LogP contribution in [0, 0.1) is 6.92 Å². The molecule has 0 saturated heterocycles. The van der Waals surface area contributed by atoms with E-state index in [-0.39, 0.29) is 5.56 Å². The van der Waals surface area contributed by atoms with Gasteiger partial charge in [-0.3, -0.25) is 4.79 Å². The van der Waals surface area contributed by atoms with E-state index in [4.69, 9.17) is 21.4 Å². The Bertz CT molecular complexity index is 758. The number of halogens is 1. The van der Waals surface area contributed by atoms with Gasteiger partial charge in [0.15, 0.2) is 0 Å². The fourth-order valence-electron chi connectivity index (χ4n) is 2.09. The highest BCUT2D eigenvalue weighted by Crippen LogP contribution is 2.32. The average molecular weight is 351 g/mol. The lowest BCUT2D eigenvalue weighted by molar-refractivity contribution is -0.131. The number of methoxy groups -OCH3 is 1. The summed E-state index contributed by atoms with van der Waals surface area (Å²) in [5.41, 5.74) is 2.04. The van der Waals surface area contributed by atoms with Crippen molar-refractivity contribution in [2.75, 3.05) is 7.11 Å². The maximum atomic E-state index is 11.8. The predicted octanol–water partition coefficient (Wildman–Crippen LogP) is 4.22. The van der Waals surface area contributed by atoms with Crippen LogP contribution in [0.2, 0.25) is 5.02 Å². The number of Topliss-reactive ketones (excluding diaryl/α,β-unsaturated/α-hetero) is 1. The van der Waals surface area contributed by atoms with E-state index < -0.39 is 11.8 Å². The molecule has 2 aromatic rings. The Kier molecular flexibility index (Phi) is 5.69. The van der Waals surface area contributed by atoms with E-state index in [1.54, 1.807) is 19.2 Å². The third-order valence-corrected chi connectivity index (χ3v) is 4.87. The van der Waals surface area contributed by atoms with Crippen LogP contribution >= 0.6 is 23.4 Å². The molecule has 0 spiro atoms. The van der Waals surface area contributed by atoms with Crippen LogP contribution in [0.1, 0.15) is 21.5 Å². The van der Waals surface area contributed by atoms with E-state index in [1.807, 2.05) is 25.1 Å². The number of ketones is 1. The number of hydrogen-bond acceptors (Lipinski definition) is 4. The molecule has 0 aliphatic rings. The van der Waals surface area contributed by atoms with Crippen molar-refractivity contribution in [1.82, 2.24) is 0 Å². The lowest BCUT2D eigenvalue weighted by Gasteiger charge is -2.11. The first-order valence-electron chi connectivity index (χ1n) is 6.76. The number of carboxylic acid groups (broad SMARTS) is 1. The standard InChI is InChI=1S/C17H15ClO4S/c1-10-4-3-5-12(15(19)17(20)21)16(10)23-9-11-6-7-13(18)14(8-11)22-2/h3-8H,9H2,1-2H3,(H,20,21). The molecule has 6 heteroatoms. The van der Waals surface area contributed by atoms with E-state index in [1.165, 1.54) is 17.8 Å². The molecule has 23 heavy (non-hydrogen) atoms. The zero-order valence-electron chi connectivity index (χ0n) is 12.6. The average Bonchev–Trinajstić information content (AvgIpc) is 2.54. The molecule has 0 unspecified atom stereocenters. The number of thioether (sulfide) groups is 1. The molecule has 0 aromatic heterocycles. The zero-order valence-corrected chi connectivity index (χ0v) is 14.2. The highest BCUT2D eigenvalue weighted by molar-refractivity contribution is 7.98. The first-order valence-corrected chi connectivity index (χ1v) is 8.13. The van der Waals surface area contributed by atoms with Crippen LogP contribution in [-0.2, 0) is 10.5 Å². The fourth-order valence-corrected chi connectivity index (χ4v) is 3.38. The topological polar surface area (TPSA) is 63.6 Å². The number of ether oxygens (including phenoxy) is 1. The van der Waals surface area contributed by atoms with Gasteiger partial charge in [-0.05, 0) is 36.2 Å². The Morgan fingerprint density at radius 3 is 2.65 bits per heavy atom. The van der Waals surface area contributed by atoms with Gasteiger partial charge in [0.1, 0.15) is 5.75 Å². The number of rotatable bonds is 6. The largest absolute Gasteiger partial charge is 0.495 e. The van der Waals surface area contributed by atoms with Gasteiger partial charge >= 0.3 is 5.97 Å². The molecule has 0 saturated carbocycles. The molecule has 120 valence electrons. The normalized spacial score (nSPS) is 10.4. The summed E-state index contributed by atoms with van der Waals surface area (Å²) in [4.78, 5) is 23.5. The van der Waals surface area contributed by atoms with Crippen molar-refractivity contribution in [3.8, 4) is 5.75 Å². The molecule has 0 atom stereocenters. The number of hydrogen-bond donors (Lipinski definition) is 1. The maximum Gasteiger partial charge on any atom is 0.377 e. The first-order chi connectivity index (χ1) is 10.9. The number of carbonyl (C=O) groups is 2. The summed E-state index contributed by atoms with van der Waals surface area (Å²) in [5.74, 6) is -1.20. The second-order valence-electron chi connectivity index (χ2n) is 4.84. The van der Waals surface area contributed by atoms with E-state index in [0.29, 0.717) is 21.4 Å². The van der Waals surface area contributed by atoms with Crippen LogP contribution in [-0.4, -0.2) is 24.0 Å². The monoisotopic (exact) mass is 350 g/mol. The van der Waals surface area contributed by atoms with Crippen molar-refractivity contribution >= 4 is 35.1 Å². The molecular weight excluding hydrogens is 336 g/mol. The molecule has 2 aromatic carbocycles. The summed E-state index contributed by atoms with van der Waals surface area (Å²) in [7, 11) is 1.54. The highest BCUT2D eigenvalue weighted by Gasteiger charge is 2.20. The molecule has 2 rings (SSSR count). The van der Waals surface area contributed by atoms with Crippen molar-refractivity contribution < 1.29 is 19.4 Å². The van der Waals surface area contributed by atoms with Gasteiger partial charge in [0.2, 0.25) is 0 Å². The van der Waals surface area contributed by atoms with Crippen LogP contribution in [0.15, 0.2) is 41.3 Å². The van der Waals surface area contributed by atoms with Gasteiger partial charge in [0, 0.05) is 16.2 Å². The van der Waals surface area contributed by atoms with E-state index in [2.05, 4.69) is 0 Å². The highest BCUT2D eigenvalue weighted by atomic mass is 35.5. The Labute approximate surface area is 143 Å². The van der Waals surface area contributed by atoms with Crippen molar-refractivity contribution in [1.29, 1.82) is 0 Å². The Morgan fingerprint density at radius 2 is 2.00 bits per heavy atom. The van der Waals surface area contributed by atoms with Crippen LogP contribution in [0.4, 0.5) is 0 Å². The predicted molar refractivity (Wildman–Crippen MR) is 90.7 cm³/mol. The Balaban J connectivity index is 2.27. The molecule has 1 N–H and O–H groups in total. The SMILES string of the molecule is COc1cc(CSc2c(C)cccc2C(=O)C(=O)O)ccc1Cl. The molecule has 0 radical (unpaired) electrons. The van der Waals surface area contributed by atoms with Crippen molar-refractivity contribution in [3.05, 3.63) is 58.1 Å². The number of carboxylic acids is 1. The molecule has 0 fully saturated rings. The van der Waals surface area contributed by atoms with Crippen LogP contribution in [0.5, 0.6) is 5.75 Å². The molecule has 0 amide bonds. The smallest absolute Gasteiger partial charge is 0.377 e.